The summed E-state index contributed by atoms with van der Waals surface area (Å²) in [6, 6.07) is 8.42. The lowest BCUT2D eigenvalue weighted by Crippen LogP contribution is -2.19. The molecule has 3 heteroatoms. The summed E-state index contributed by atoms with van der Waals surface area (Å²) in [6.07, 6.45) is 0. The van der Waals surface area contributed by atoms with Gasteiger partial charge in [-0.15, -0.1) is 0 Å². The Morgan fingerprint density at radius 3 is 2.75 bits per heavy atom. The summed E-state index contributed by atoms with van der Waals surface area (Å²) in [5.74, 6) is 0. The van der Waals surface area contributed by atoms with E-state index in [0.717, 1.165) is 6.54 Å². The van der Waals surface area contributed by atoms with Gasteiger partial charge in [-0.1, -0.05) is 18.2 Å². The third kappa shape index (κ3) is 1.84. The van der Waals surface area contributed by atoms with Crippen molar-refractivity contribution in [2.75, 3.05) is 13.2 Å². The highest BCUT2D eigenvalue weighted by Crippen LogP contribution is 2.23. The van der Waals surface area contributed by atoms with Gasteiger partial charge in [0.2, 0.25) is 0 Å². The number of para-hydroxylation sites is 1. The molecule has 0 unspecified atom stereocenters. The zero-order valence-electron chi connectivity index (χ0n) is 9.83. The number of rotatable bonds is 4. The molecule has 86 valence electrons. The number of hydrogen-bond acceptors (Lipinski definition) is 2. The first-order valence-electron chi connectivity index (χ1n) is 5.60. The Hall–Kier alpha value is -1.32. The number of aliphatic hydroxyl groups is 1. The van der Waals surface area contributed by atoms with E-state index in [2.05, 4.69) is 48.1 Å². The lowest BCUT2D eigenvalue weighted by atomic mass is 10.1. The molecule has 0 saturated heterocycles. The molecule has 1 aromatic carbocycles. The molecule has 3 nitrogen and oxygen atoms in total. The maximum atomic E-state index is 8.75. The summed E-state index contributed by atoms with van der Waals surface area (Å²) >= 11 is 0. The van der Waals surface area contributed by atoms with Crippen LogP contribution in [0.15, 0.2) is 24.3 Å². The maximum Gasteiger partial charge on any atom is 0.0556 e. The van der Waals surface area contributed by atoms with E-state index >= 15 is 0 Å². The van der Waals surface area contributed by atoms with Crippen molar-refractivity contribution >= 4 is 10.9 Å². The van der Waals surface area contributed by atoms with Crippen LogP contribution in [0.4, 0.5) is 0 Å². The first-order chi connectivity index (χ1) is 7.75. The van der Waals surface area contributed by atoms with Gasteiger partial charge in [-0.2, -0.15) is 0 Å². The van der Waals surface area contributed by atoms with Crippen molar-refractivity contribution < 1.29 is 5.11 Å². The average Bonchev–Trinajstić information content (AvgIpc) is 2.55. The number of aryl methyl sites for hydroxylation is 2. The van der Waals surface area contributed by atoms with E-state index in [9.17, 15) is 0 Å². The summed E-state index contributed by atoms with van der Waals surface area (Å²) in [4.78, 5) is 0. The summed E-state index contributed by atoms with van der Waals surface area (Å²) in [5.41, 5.74) is 3.87. The van der Waals surface area contributed by atoms with E-state index in [1.807, 2.05) is 0 Å². The van der Waals surface area contributed by atoms with Crippen LogP contribution in [0.25, 0.3) is 10.9 Å². The summed E-state index contributed by atoms with van der Waals surface area (Å²) in [7, 11) is 2.09. The Kier molecular flexibility index (Phi) is 3.27. The third-order valence-electron chi connectivity index (χ3n) is 3.09. The highest BCUT2D eigenvalue weighted by atomic mass is 16.3. The zero-order valence-corrected chi connectivity index (χ0v) is 9.83. The van der Waals surface area contributed by atoms with Crippen LogP contribution in [0.2, 0.25) is 0 Å². The smallest absolute Gasteiger partial charge is 0.0556 e. The number of aromatic nitrogens is 1. The molecule has 0 aliphatic rings. The molecule has 0 bridgehead atoms. The number of aliphatic hydroxyl groups excluding tert-OH is 1. The lowest BCUT2D eigenvalue weighted by Gasteiger charge is -2.06. The van der Waals surface area contributed by atoms with Crippen LogP contribution in [0.3, 0.4) is 0 Å². The predicted octanol–water partition coefficient (Wildman–Crippen LogP) is 1.57. The quantitative estimate of drug-likeness (QED) is 0.764. The van der Waals surface area contributed by atoms with E-state index in [0.29, 0.717) is 6.54 Å². The minimum Gasteiger partial charge on any atom is -0.395 e. The third-order valence-corrected chi connectivity index (χ3v) is 3.09. The van der Waals surface area contributed by atoms with Gasteiger partial charge < -0.3 is 15.0 Å². The van der Waals surface area contributed by atoms with Gasteiger partial charge in [0.05, 0.1) is 6.61 Å². The Balaban J connectivity index is 2.37. The van der Waals surface area contributed by atoms with Crippen molar-refractivity contribution in [3.8, 4) is 0 Å². The van der Waals surface area contributed by atoms with Crippen LogP contribution in [-0.2, 0) is 13.6 Å². The van der Waals surface area contributed by atoms with Crippen LogP contribution in [0.5, 0.6) is 0 Å². The van der Waals surface area contributed by atoms with Crippen molar-refractivity contribution in [1.82, 2.24) is 9.88 Å². The van der Waals surface area contributed by atoms with Crippen molar-refractivity contribution in [2.24, 2.45) is 7.05 Å². The van der Waals surface area contributed by atoms with Gasteiger partial charge in [-0.25, -0.2) is 0 Å². The van der Waals surface area contributed by atoms with Crippen LogP contribution in [-0.4, -0.2) is 22.8 Å². The monoisotopic (exact) mass is 218 g/mol. The Morgan fingerprint density at radius 1 is 1.31 bits per heavy atom. The Morgan fingerprint density at radius 2 is 2.06 bits per heavy atom. The van der Waals surface area contributed by atoms with Crippen LogP contribution in [0.1, 0.15) is 11.3 Å². The van der Waals surface area contributed by atoms with Crippen molar-refractivity contribution in [3.05, 3.63) is 35.5 Å². The van der Waals surface area contributed by atoms with Crippen LogP contribution < -0.4 is 5.32 Å². The predicted molar refractivity (Wildman–Crippen MR) is 66.4 cm³/mol. The fourth-order valence-corrected chi connectivity index (χ4v) is 2.17. The van der Waals surface area contributed by atoms with E-state index in [4.69, 9.17) is 5.11 Å². The molecule has 0 saturated carbocycles. The molecular formula is C13H18N2O. The van der Waals surface area contributed by atoms with Crippen molar-refractivity contribution in [3.63, 3.8) is 0 Å². The summed E-state index contributed by atoms with van der Waals surface area (Å²) in [6.45, 7) is 3.78. The zero-order chi connectivity index (χ0) is 11.5. The first kappa shape index (κ1) is 11.2. The molecular weight excluding hydrogens is 200 g/mol. The van der Waals surface area contributed by atoms with Crippen LogP contribution in [0, 0.1) is 6.92 Å². The van der Waals surface area contributed by atoms with E-state index < -0.39 is 0 Å². The van der Waals surface area contributed by atoms with Gasteiger partial charge in [0.25, 0.3) is 0 Å². The minimum atomic E-state index is 0.184. The number of fused-ring (bicyclic) bond motifs is 1. The number of benzene rings is 1. The van der Waals surface area contributed by atoms with E-state index in [1.54, 1.807) is 0 Å². The van der Waals surface area contributed by atoms with Gasteiger partial charge in [0.1, 0.15) is 0 Å². The first-order valence-corrected chi connectivity index (χ1v) is 5.60. The van der Waals surface area contributed by atoms with Gasteiger partial charge in [-0.3, -0.25) is 0 Å². The largest absolute Gasteiger partial charge is 0.395 e. The second-order valence-corrected chi connectivity index (χ2v) is 4.05. The summed E-state index contributed by atoms with van der Waals surface area (Å²) < 4.78 is 2.22. The van der Waals surface area contributed by atoms with E-state index in [-0.39, 0.29) is 6.61 Å². The Bertz CT molecular complexity index is 449. The number of nitrogens with zero attached hydrogens (tertiary/aromatic N) is 1. The highest BCUT2D eigenvalue weighted by molar-refractivity contribution is 5.85. The molecule has 1 heterocycles. The number of hydrogen-bond donors (Lipinski definition) is 2. The lowest BCUT2D eigenvalue weighted by molar-refractivity contribution is 0.291. The maximum absolute atomic E-state index is 8.75. The molecule has 1 aromatic heterocycles. The fraction of sp³-hybridized carbons (Fsp3) is 0.385. The second kappa shape index (κ2) is 4.68. The molecule has 0 radical (unpaired) electrons. The standard InChI is InChI=1S/C13H18N2O/c1-10-11-5-3-4-6-12(11)15(2)13(10)9-14-7-8-16/h3-6,14,16H,7-9H2,1-2H3. The molecule has 16 heavy (non-hydrogen) atoms. The Labute approximate surface area is 95.7 Å². The van der Waals surface area contributed by atoms with Gasteiger partial charge >= 0.3 is 0 Å². The fourth-order valence-electron chi connectivity index (χ4n) is 2.17. The normalized spacial score (nSPS) is 11.2. The van der Waals surface area contributed by atoms with Gasteiger partial charge in [-0.05, 0) is 18.6 Å². The van der Waals surface area contributed by atoms with Gasteiger partial charge in [0, 0.05) is 36.7 Å². The molecule has 0 atom stereocenters. The highest BCUT2D eigenvalue weighted by Gasteiger charge is 2.09. The molecule has 2 aromatic rings. The topological polar surface area (TPSA) is 37.2 Å². The van der Waals surface area contributed by atoms with E-state index in [1.165, 1.54) is 22.2 Å². The SMILES string of the molecule is Cc1c(CNCCO)n(C)c2ccccc12. The van der Waals surface area contributed by atoms with Gasteiger partial charge in [0.15, 0.2) is 0 Å². The molecule has 0 aliphatic heterocycles. The van der Waals surface area contributed by atoms with Crippen molar-refractivity contribution in [2.45, 2.75) is 13.5 Å². The average molecular weight is 218 g/mol. The molecule has 0 fully saturated rings. The molecule has 0 aliphatic carbocycles. The second-order valence-electron chi connectivity index (χ2n) is 4.05. The van der Waals surface area contributed by atoms with Crippen molar-refractivity contribution in [1.29, 1.82) is 0 Å². The summed E-state index contributed by atoms with van der Waals surface area (Å²) in [5, 5.41) is 13.3. The minimum absolute atomic E-state index is 0.184. The molecule has 2 rings (SSSR count). The molecule has 0 amide bonds. The number of nitrogens with one attached hydrogen (secondary N) is 1. The molecule has 2 N–H and O–H groups in total. The van der Waals surface area contributed by atoms with Crippen LogP contribution >= 0.6 is 0 Å². The molecule has 0 spiro atoms.